The maximum absolute atomic E-state index is 13.6. The molecule has 0 saturated carbocycles. The van der Waals surface area contributed by atoms with Crippen molar-refractivity contribution in [2.75, 3.05) is 33.2 Å². The molecule has 0 aliphatic carbocycles. The molecule has 0 amide bonds. The predicted octanol–water partition coefficient (Wildman–Crippen LogP) is 2.84. The Hall–Kier alpha value is -0.890. The molecule has 0 bridgehead atoms. The van der Waals surface area contributed by atoms with Gasteiger partial charge < -0.3 is 15.5 Å². The van der Waals surface area contributed by atoms with Crippen LogP contribution in [0.15, 0.2) is 29.3 Å². The van der Waals surface area contributed by atoms with Crippen LogP contribution in [0.25, 0.3) is 0 Å². The van der Waals surface area contributed by atoms with E-state index in [1.165, 1.54) is 18.9 Å². The largest absolute Gasteiger partial charge is 0.357 e. The summed E-state index contributed by atoms with van der Waals surface area (Å²) in [5.41, 5.74) is 0.624. The summed E-state index contributed by atoms with van der Waals surface area (Å²) in [6, 6.07) is 6.79. The molecule has 6 heteroatoms. The molecular weight excluding hydrogens is 406 g/mol. The molecule has 1 aromatic carbocycles. The van der Waals surface area contributed by atoms with Crippen molar-refractivity contribution in [3.05, 3.63) is 35.6 Å². The maximum Gasteiger partial charge on any atom is 0.191 e. The van der Waals surface area contributed by atoms with Crippen molar-refractivity contribution >= 4 is 29.9 Å². The first-order chi connectivity index (χ1) is 10.7. The fraction of sp³-hybridized carbons (Fsp3) is 0.588. The van der Waals surface area contributed by atoms with Gasteiger partial charge in [-0.15, -0.1) is 24.0 Å². The molecule has 4 nitrogen and oxygen atoms in total. The van der Waals surface area contributed by atoms with Crippen molar-refractivity contribution < 1.29 is 4.39 Å². The molecule has 0 atom stereocenters. The molecule has 0 spiro atoms. The van der Waals surface area contributed by atoms with E-state index in [1.54, 1.807) is 12.1 Å². The molecule has 1 aliphatic rings. The third-order valence-electron chi connectivity index (χ3n) is 4.11. The molecule has 1 aromatic rings. The van der Waals surface area contributed by atoms with Gasteiger partial charge in [0.15, 0.2) is 5.96 Å². The molecule has 130 valence electrons. The molecular formula is C17H28FIN4. The molecule has 0 unspecified atom stereocenters. The second-order valence-electron chi connectivity index (χ2n) is 5.91. The van der Waals surface area contributed by atoms with E-state index in [9.17, 15) is 4.39 Å². The summed E-state index contributed by atoms with van der Waals surface area (Å²) in [5, 5.41) is 6.62. The van der Waals surface area contributed by atoms with Crippen LogP contribution in [-0.4, -0.2) is 44.1 Å². The Kier molecular flexibility index (Phi) is 9.47. The summed E-state index contributed by atoms with van der Waals surface area (Å²) in [6.07, 6.45) is 2.44. The first-order valence-electron chi connectivity index (χ1n) is 8.13. The number of nitrogens with one attached hydrogen (secondary N) is 2. The van der Waals surface area contributed by atoms with Crippen molar-refractivity contribution in [3.63, 3.8) is 0 Å². The number of hydrogen-bond acceptors (Lipinski definition) is 2. The van der Waals surface area contributed by atoms with E-state index in [2.05, 4.69) is 27.6 Å². The van der Waals surface area contributed by atoms with Gasteiger partial charge in [0.25, 0.3) is 0 Å². The smallest absolute Gasteiger partial charge is 0.191 e. The predicted molar refractivity (Wildman–Crippen MR) is 105 cm³/mol. The standard InChI is InChI=1S/C17H27FN4.HI/c1-3-19-17(20-12-14-8-10-22(2)11-9-14)21-13-15-6-4-5-7-16(15)18;/h4-7,14H,3,8-13H2,1-2H3,(H2,19,20,21);1H. The Morgan fingerprint density at radius 1 is 1.26 bits per heavy atom. The third-order valence-corrected chi connectivity index (χ3v) is 4.11. The average Bonchev–Trinajstić information content (AvgIpc) is 2.53. The van der Waals surface area contributed by atoms with E-state index in [0.717, 1.165) is 32.1 Å². The SMILES string of the molecule is CCNC(=NCc1ccccc1F)NCC1CCN(C)CC1.I. The van der Waals surface area contributed by atoms with E-state index in [1.807, 2.05) is 13.0 Å². The lowest BCUT2D eigenvalue weighted by Gasteiger charge is -2.29. The van der Waals surface area contributed by atoms with Crippen LogP contribution in [0.5, 0.6) is 0 Å². The van der Waals surface area contributed by atoms with Crippen LogP contribution in [0, 0.1) is 11.7 Å². The number of nitrogens with zero attached hydrogens (tertiary/aromatic N) is 2. The average molecular weight is 434 g/mol. The van der Waals surface area contributed by atoms with Crippen molar-refractivity contribution in [1.82, 2.24) is 15.5 Å². The minimum atomic E-state index is -0.197. The number of aliphatic imine (C=N–C) groups is 1. The number of guanidine groups is 1. The summed E-state index contributed by atoms with van der Waals surface area (Å²) in [6.45, 7) is 6.45. The molecule has 0 aromatic heterocycles. The highest BCUT2D eigenvalue weighted by atomic mass is 127. The van der Waals surface area contributed by atoms with Crippen molar-refractivity contribution in [2.45, 2.75) is 26.3 Å². The van der Waals surface area contributed by atoms with Gasteiger partial charge in [0, 0.05) is 18.7 Å². The van der Waals surface area contributed by atoms with Crippen molar-refractivity contribution in [3.8, 4) is 0 Å². The molecule has 1 aliphatic heterocycles. The minimum absolute atomic E-state index is 0. The molecule has 1 fully saturated rings. The molecule has 1 heterocycles. The van der Waals surface area contributed by atoms with Gasteiger partial charge in [-0.2, -0.15) is 0 Å². The first-order valence-corrected chi connectivity index (χ1v) is 8.13. The maximum atomic E-state index is 13.6. The second kappa shape index (κ2) is 10.8. The van der Waals surface area contributed by atoms with Gasteiger partial charge in [-0.3, -0.25) is 0 Å². The highest BCUT2D eigenvalue weighted by Crippen LogP contribution is 2.14. The zero-order valence-electron chi connectivity index (χ0n) is 14.0. The number of benzene rings is 1. The summed E-state index contributed by atoms with van der Waals surface area (Å²) < 4.78 is 13.6. The van der Waals surface area contributed by atoms with E-state index in [0.29, 0.717) is 18.0 Å². The van der Waals surface area contributed by atoms with Crippen LogP contribution in [-0.2, 0) is 6.54 Å². The van der Waals surface area contributed by atoms with Gasteiger partial charge >= 0.3 is 0 Å². The number of halogens is 2. The summed E-state index contributed by atoms with van der Waals surface area (Å²) in [7, 11) is 2.17. The van der Waals surface area contributed by atoms with Crippen LogP contribution in [0.2, 0.25) is 0 Å². The normalized spacial score (nSPS) is 16.7. The number of hydrogen-bond donors (Lipinski definition) is 2. The van der Waals surface area contributed by atoms with Crippen molar-refractivity contribution in [1.29, 1.82) is 0 Å². The molecule has 2 N–H and O–H groups in total. The number of piperidine rings is 1. The number of rotatable bonds is 5. The topological polar surface area (TPSA) is 39.7 Å². The van der Waals surface area contributed by atoms with Crippen LogP contribution >= 0.6 is 24.0 Å². The summed E-state index contributed by atoms with van der Waals surface area (Å²) in [5.74, 6) is 1.26. The Balaban J connectivity index is 0.00000264. The van der Waals surface area contributed by atoms with Gasteiger partial charge in [-0.1, -0.05) is 18.2 Å². The highest BCUT2D eigenvalue weighted by Gasteiger charge is 2.16. The highest BCUT2D eigenvalue weighted by molar-refractivity contribution is 14.0. The zero-order chi connectivity index (χ0) is 15.8. The van der Waals surface area contributed by atoms with Crippen LogP contribution in [0.1, 0.15) is 25.3 Å². The zero-order valence-corrected chi connectivity index (χ0v) is 16.3. The van der Waals surface area contributed by atoms with Crippen LogP contribution < -0.4 is 10.6 Å². The Morgan fingerprint density at radius 2 is 1.96 bits per heavy atom. The van der Waals surface area contributed by atoms with Crippen LogP contribution in [0.4, 0.5) is 4.39 Å². The van der Waals surface area contributed by atoms with Gasteiger partial charge in [0.05, 0.1) is 6.54 Å². The van der Waals surface area contributed by atoms with Crippen molar-refractivity contribution in [2.24, 2.45) is 10.9 Å². The molecule has 0 radical (unpaired) electrons. The summed E-state index contributed by atoms with van der Waals surface area (Å²) >= 11 is 0. The van der Waals surface area contributed by atoms with Gasteiger partial charge in [0.2, 0.25) is 0 Å². The Bertz CT molecular complexity index is 487. The monoisotopic (exact) mass is 434 g/mol. The fourth-order valence-electron chi connectivity index (χ4n) is 2.64. The quantitative estimate of drug-likeness (QED) is 0.426. The van der Waals surface area contributed by atoms with E-state index >= 15 is 0 Å². The third kappa shape index (κ3) is 7.03. The first kappa shape index (κ1) is 20.2. The van der Waals surface area contributed by atoms with Gasteiger partial charge in [-0.05, 0) is 51.9 Å². The minimum Gasteiger partial charge on any atom is -0.357 e. The lowest BCUT2D eigenvalue weighted by atomic mass is 9.97. The number of likely N-dealkylation sites (tertiary alicyclic amines) is 1. The Morgan fingerprint density at radius 3 is 2.61 bits per heavy atom. The molecule has 23 heavy (non-hydrogen) atoms. The molecule has 2 rings (SSSR count). The molecule has 1 saturated heterocycles. The summed E-state index contributed by atoms with van der Waals surface area (Å²) in [4.78, 5) is 6.86. The van der Waals surface area contributed by atoms with Gasteiger partial charge in [-0.25, -0.2) is 9.38 Å². The lowest BCUT2D eigenvalue weighted by Crippen LogP contribution is -2.42. The lowest BCUT2D eigenvalue weighted by molar-refractivity contribution is 0.220. The van der Waals surface area contributed by atoms with Crippen LogP contribution in [0.3, 0.4) is 0 Å². The van der Waals surface area contributed by atoms with E-state index in [4.69, 9.17) is 0 Å². The Labute approximate surface area is 156 Å². The van der Waals surface area contributed by atoms with Gasteiger partial charge in [0.1, 0.15) is 5.82 Å². The van der Waals surface area contributed by atoms with E-state index < -0.39 is 0 Å². The fourth-order valence-corrected chi connectivity index (χ4v) is 2.64. The second-order valence-corrected chi connectivity index (χ2v) is 5.91. The van der Waals surface area contributed by atoms with E-state index in [-0.39, 0.29) is 29.8 Å².